The quantitative estimate of drug-likeness (QED) is 0.487. The molecule has 1 saturated carbocycles. The number of phenols is 1. The largest absolute Gasteiger partial charge is 0.506 e. The summed E-state index contributed by atoms with van der Waals surface area (Å²) in [6.45, 7) is 0. The van der Waals surface area contributed by atoms with Gasteiger partial charge in [-0.15, -0.1) is 0 Å². The lowest BCUT2D eigenvalue weighted by Crippen LogP contribution is -2.28. The van der Waals surface area contributed by atoms with Crippen LogP contribution in [0.3, 0.4) is 0 Å². The Morgan fingerprint density at radius 3 is 2.46 bits per heavy atom. The van der Waals surface area contributed by atoms with Gasteiger partial charge < -0.3 is 9.84 Å². The normalized spacial score (nSPS) is 30.7. The highest BCUT2D eigenvalue weighted by Crippen LogP contribution is 2.52. The molecule has 1 N–H and O–H groups in total. The number of carbonyl (C=O) groups excluding carboxylic acids is 2. The Bertz CT molecular complexity index is 774. The smallest absolute Gasteiger partial charge is 0.254 e. The van der Waals surface area contributed by atoms with Crippen molar-refractivity contribution in [2.24, 2.45) is 28.8 Å². The molecule has 24 heavy (non-hydrogen) atoms. The SMILES string of the molecule is COc1cc(Br)c(O)c(/C=N\N2C(=O)[C@@H]3[C@@H](C2=O)[C@H]2C=C[C@H]3C2)c1. The molecule has 2 aliphatic carbocycles. The standard InChI is InChI=1S/C17H15BrN2O4/c1-24-11-5-10(15(21)12(18)6-11)7-19-20-16(22)13-8-2-3-9(4-8)14(13)17(20)23/h2-3,5-9,13-14,21H,4H2,1H3/b19-7-/t8-,9-,13-,14-/m0/s1. The third-order valence-corrected chi connectivity index (χ3v) is 5.67. The fourth-order valence-electron chi connectivity index (χ4n) is 3.93. The summed E-state index contributed by atoms with van der Waals surface area (Å²) in [6, 6.07) is 3.20. The summed E-state index contributed by atoms with van der Waals surface area (Å²) >= 11 is 3.23. The van der Waals surface area contributed by atoms with Crippen molar-refractivity contribution in [2.75, 3.05) is 7.11 Å². The number of halogens is 1. The maximum Gasteiger partial charge on any atom is 0.254 e. The average molecular weight is 391 g/mol. The van der Waals surface area contributed by atoms with Crippen molar-refractivity contribution < 1.29 is 19.4 Å². The van der Waals surface area contributed by atoms with Gasteiger partial charge in [0.2, 0.25) is 0 Å². The second-order valence-corrected chi connectivity index (χ2v) is 7.13. The van der Waals surface area contributed by atoms with Gasteiger partial charge in [0.05, 0.1) is 29.6 Å². The second-order valence-electron chi connectivity index (χ2n) is 6.28. The van der Waals surface area contributed by atoms with E-state index in [4.69, 9.17) is 4.74 Å². The molecule has 0 unspecified atom stereocenters. The highest BCUT2D eigenvalue weighted by atomic mass is 79.9. The molecular formula is C17H15BrN2O4. The van der Waals surface area contributed by atoms with Crippen LogP contribution in [0.1, 0.15) is 12.0 Å². The Labute approximate surface area is 146 Å². The van der Waals surface area contributed by atoms with E-state index in [1.54, 1.807) is 12.1 Å². The minimum Gasteiger partial charge on any atom is -0.506 e. The van der Waals surface area contributed by atoms with Gasteiger partial charge in [0.25, 0.3) is 11.8 Å². The Balaban J connectivity index is 1.63. The minimum absolute atomic E-state index is 0.0272. The molecule has 2 fully saturated rings. The van der Waals surface area contributed by atoms with Gasteiger partial charge in [0.1, 0.15) is 11.5 Å². The topological polar surface area (TPSA) is 79.2 Å². The predicted octanol–water partition coefficient (Wildman–Crippen LogP) is 2.30. The zero-order valence-electron chi connectivity index (χ0n) is 12.8. The Morgan fingerprint density at radius 1 is 1.25 bits per heavy atom. The van der Waals surface area contributed by atoms with Gasteiger partial charge in [-0.25, -0.2) is 0 Å². The zero-order chi connectivity index (χ0) is 17.0. The molecule has 2 amide bonds. The molecule has 4 rings (SSSR count). The van der Waals surface area contributed by atoms with Crippen molar-refractivity contribution in [3.05, 3.63) is 34.3 Å². The summed E-state index contributed by atoms with van der Waals surface area (Å²) in [5, 5.41) is 15.1. The molecule has 1 heterocycles. The van der Waals surface area contributed by atoms with Crippen LogP contribution in [0.15, 0.2) is 33.9 Å². The third-order valence-electron chi connectivity index (χ3n) is 5.06. The average Bonchev–Trinajstić information content (AvgIpc) is 3.24. The highest BCUT2D eigenvalue weighted by Gasteiger charge is 2.59. The van der Waals surface area contributed by atoms with E-state index in [1.807, 2.05) is 12.2 Å². The number of benzene rings is 1. The van der Waals surface area contributed by atoms with E-state index in [2.05, 4.69) is 21.0 Å². The number of amides is 2. The van der Waals surface area contributed by atoms with Gasteiger partial charge in [0.15, 0.2) is 0 Å². The molecule has 1 aliphatic heterocycles. The second kappa shape index (κ2) is 5.44. The zero-order valence-corrected chi connectivity index (χ0v) is 14.4. The number of rotatable bonds is 3. The monoisotopic (exact) mass is 390 g/mol. The van der Waals surface area contributed by atoms with Gasteiger partial charge in [0, 0.05) is 5.56 Å². The molecule has 3 aliphatic rings. The Morgan fingerprint density at radius 2 is 1.88 bits per heavy atom. The number of nitrogens with zero attached hydrogens (tertiary/aromatic N) is 2. The van der Waals surface area contributed by atoms with Crippen molar-refractivity contribution in [1.82, 2.24) is 5.01 Å². The molecule has 2 bridgehead atoms. The van der Waals surface area contributed by atoms with Crippen LogP contribution >= 0.6 is 15.9 Å². The molecule has 124 valence electrons. The van der Waals surface area contributed by atoms with E-state index in [-0.39, 0.29) is 41.2 Å². The third kappa shape index (κ3) is 2.11. The molecule has 1 saturated heterocycles. The molecule has 0 spiro atoms. The maximum absolute atomic E-state index is 12.5. The van der Waals surface area contributed by atoms with E-state index in [0.29, 0.717) is 15.8 Å². The molecule has 4 atom stereocenters. The number of allylic oxidation sites excluding steroid dienone is 2. The van der Waals surface area contributed by atoms with Crippen molar-refractivity contribution in [3.63, 3.8) is 0 Å². The number of methoxy groups -OCH3 is 1. The number of aromatic hydroxyl groups is 1. The van der Waals surface area contributed by atoms with E-state index in [1.165, 1.54) is 13.3 Å². The van der Waals surface area contributed by atoms with Gasteiger partial charge in [-0.1, -0.05) is 12.2 Å². The minimum atomic E-state index is -0.282. The van der Waals surface area contributed by atoms with Gasteiger partial charge in [-0.2, -0.15) is 10.1 Å². The van der Waals surface area contributed by atoms with Crippen LogP contribution in [0.5, 0.6) is 11.5 Å². The first kappa shape index (κ1) is 15.4. The van der Waals surface area contributed by atoms with Crippen molar-refractivity contribution in [3.8, 4) is 11.5 Å². The molecular weight excluding hydrogens is 376 g/mol. The number of hydrazone groups is 1. The Hall–Kier alpha value is -2.15. The molecule has 1 aromatic rings. The van der Waals surface area contributed by atoms with Gasteiger partial charge in [-0.3, -0.25) is 9.59 Å². The van der Waals surface area contributed by atoms with Crippen LogP contribution in [0.2, 0.25) is 0 Å². The first-order valence-corrected chi connectivity index (χ1v) is 8.47. The van der Waals surface area contributed by atoms with Crippen LogP contribution in [0, 0.1) is 23.7 Å². The van der Waals surface area contributed by atoms with E-state index in [9.17, 15) is 14.7 Å². The molecule has 0 aromatic heterocycles. The van der Waals surface area contributed by atoms with Gasteiger partial charge >= 0.3 is 0 Å². The van der Waals surface area contributed by atoms with E-state index < -0.39 is 0 Å². The van der Waals surface area contributed by atoms with E-state index >= 15 is 0 Å². The fraction of sp³-hybridized carbons (Fsp3) is 0.353. The van der Waals surface area contributed by atoms with Gasteiger partial charge in [-0.05, 0) is 46.3 Å². The Kier molecular flexibility index (Phi) is 3.49. The predicted molar refractivity (Wildman–Crippen MR) is 89.5 cm³/mol. The number of fused-ring (bicyclic) bond motifs is 5. The van der Waals surface area contributed by atoms with Crippen LogP contribution in [0.4, 0.5) is 0 Å². The lowest BCUT2D eigenvalue weighted by molar-refractivity contribution is -0.140. The summed E-state index contributed by atoms with van der Waals surface area (Å²) in [5.74, 6) is -0.267. The van der Waals surface area contributed by atoms with Crippen LogP contribution < -0.4 is 4.74 Å². The summed E-state index contributed by atoms with van der Waals surface area (Å²) in [7, 11) is 1.51. The molecule has 6 nitrogen and oxygen atoms in total. The number of ether oxygens (including phenoxy) is 1. The summed E-state index contributed by atoms with van der Waals surface area (Å²) < 4.78 is 5.59. The summed E-state index contributed by atoms with van der Waals surface area (Å²) in [5.41, 5.74) is 0.361. The molecule has 1 aromatic carbocycles. The van der Waals surface area contributed by atoms with Crippen LogP contribution in [-0.4, -0.2) is 35.3 Å². The lowest BCUT2D eigenvalue weighted by Gasteiger charge is -2.13. The van der Waals surface area contributed by atoms with Crippen LogP contribution in [-0.2, 0) is 9.59 Å². The number of phenolic OH excluding ortho intramolecular Hbond substituents is 1. The van der Waals surface area contributed by atoms with Crippen molar-refractivity contribution >= 4 is 34.0 Å². The maximum atomic E-state index is 12.5. The van der Waals surface area contributed by atoms with Crippen molar-refractivity contribution in [1.29, 1.82) is 0 Å². The highest BCUT2D eigenvalue weighted by molar-refractivity contribution is 9.10. The van der Waals surface area contributed by atoms with E-state index in [0.717, 1.165) is 11.4 Å². The molecule has 0 radical (unpaired) electrons. The fourth-order valence-corrected chi connectivity index (χ4v) is 4.39. The molecule has 7 heteroatoms. The van der Waals surface area contributed by atoms with Crippen LogP contribution in [0.25, 0.3) is 0 Å². The number of carbonyl (C=O) groups is 2. The number of hydrogen-bond donors (Lipinski definition) is 1. The number of hydrogen-bond acceptors (Lipinski definition) is 5. The summed E-state index contributed by atoms with van der Waals surface area (Å²) in [4.78, 5) is 25.1. The first-order valence-electron chi connectivity index (χ1n) is 7.68. The number of imide groups is 1. The summed E-state index contributed by atoms with van der Waals surface area (Å²) in [6.07, 6.45) is 6.27. The first-order chi connectivity index (χ1) is 11.5. The van der Waals surface area contributed by atoms with Crippen molar-refractivity contribution in [2.45, 2.75) is 6.42 Å². The lowest BCUT2D eigenvalue weighted by atomic mass is 9.85.